The van der Waals surface area contributed by atoms with Gasteiger partial charge in [-0.15, -0.1) is 0 Å². The zero-order valence-electron chi connectivity index (χ0n) is 13.7. The van der Waals surface area contributed by atoms with Crippen molar-refractivity contribution >= 4 is 5.82 Å². The molecule has 0 bridgehead atoms. The maximum atomic E-state index is 4.75. The van der Waals surface area contributed by atoms with Gasteiger partial charge in [0, 0.05) is 31.4 Å². The summed E-state index contributed by atoms with van der Waals surface area (Å²) in [6.45, 7) is 8.04. The van der Waals surface area contributed by atoms with Crippen molar-refractivity contribution in [3.8, 4) is 0 Å². The molecule has 0 aliphatic carbocycles. The van der Waals surface area contributed by atoms with Crippen LogP contribution >= 0.6 is 0 Å². The predicted molar refractivity (Wildman–Crippen MR) is 89.8 cm³/mol. The van der Waals surface area contributed by atoms with Crippen molar-refractivity contribution in [3.63, 3.8) is 0 Å². The van der Waals surface area contributed by atoms with E-state index in [9.17, 15) is 0 Å². The number of hydrogen-bond donors (Lipinski definition) is 1. The molecule has 2 rings (SSSR count). The van der Waals surface area contributed by atoms with Crippen LogP contribution in [0.4, 0.5) is 5.82 Å². The molecule has 2 aromatic rings. The van der Waals surface area contributed by atoms with Gasteiger partial charge in [0.05, 0.1) is 0 Å². The average Bonchev–Trinajstić information content (AvgIpc) is 2.44. The normalized spacial score (nSPS) is 10.7. The highest BCUT2D eigenvalue weighted by atomic mass is 15.2. The van der Waals surface area contributed by atoms with Crippen LogP contribution in [-0.2, 0) is 13.1 Å². The SMILES string of the molecule is CNCc1c(C)cc(C)nc1N(C)Cc1ccc(C)cc1. The Hall–Kier alpha value is -1.87. The number of aryl methyl sites for hydroxylation is 3. The molecule has 21 heavy (non-hydrogen) atoms. The number of anilines is 1. The summed E-state index contributed by atoms with van der Waals surface area (Å²) in [5.41, 5.74) is 6.24. The Kier molecular flexibility index (Phi) is 4.97. The second-order valence-electron chi connectivity index (χ2n) is 5.75. The summed E-state index contributed by atoms with van der Waals surface area (Å²) in [6, 6.07) is 10.8. The highest BCUT2D eigenvalue weighted by Crippen LogP contribution is 2.23. The number of hydrogen-bond acceptors (Lipinski definition) is 3. The summed E-state index contributed by atoms with van der Waals surface area (Å²) in [4.78, 5) is 6.99. The first-order chi connectivity index (χ1) is 10.0. The fourth-order valence-corrected chi connectivity index (χ4v) is 2.60. The highest BCUT2D eigenvalue weighted by molar-refractivity contribution is 5.51. The average molecular weight is 283 g/mol. The van der Waals surface area contributed by atoms with Gasteiger partial charge >= 0.3 is 0 Å². The number of pyridine rings is 1. The van der Waals surface area contributed by atoms with Gasteiger partial charge in [0.2, 0.25) is 0 Å². The maximum absolute atomic E-state index is 4.75. The third-order valence-corrected chi connectivity index (χ3v) is 3.71. The van der Waals surface area contributed by atoms with Crippen molar-refractivity contribution in [2.45, 2.75) is 33.9 Å². The Morgan fingerprint density at radius 1 is 1.10 bits per heavy atom. The van der Waals surface area contributed by atoms with Crippen molar-refractivity contribution in [3.05, 3.63) is 58.3 Å². The van der Waals surface area contributed by atoms with Crippen LogP contribution in [0.1, 0.15) is 27.9 Å². The van der Waals surface area contributed by atoms with Gasteiger partial charge in [-0.3, -0.25) is 0 Å². The number of rotatable bonds is 5. The zero-order valence-corrected chi connectivity index (χ0v) is 13.7. The van der Waals surface area contributed by atoms with Gasteiger partial charge < -0.3 is 10.2 Å². The molecule has 1 aromatic heterocycles. The maximum Gasteiger partial charge on any atom is 0.133 e. The summed E-state index contributed by atoms with van der Waals surface area (Å²) in [7, 11) is 4.09. The Labute approximate surface area is 128 Å². The fourth-order valence-electron chi connectivity index (χ4n) is 2.60. The molecular weight excluding hydrogens is 258 g/mol. The van der Waals surface area contributed by atoms with Crippen molar-refractivity contribution in [1.82, 2.24) is 10.3 Å². The van der Waals surface area contributed by atoms with Crippen LogP contribution in [0, 0.1) is 20.8 Å². The Morgan fingerprint density at radius 3 is 2.38 bits per heavy atom. The monoisotopic (exact) mass is 283 g/mol. The smallest absolute Gasteiger partial charge is 0.133 e. The van der Waals surface area contributed by atoms with E-state index in [0.717, 1.165) is 24.6 Å². The Morgan fingerprint density at radius 2 is 1.76 bits per heavy atom. The van der Waals surface area contributed by atoms with E-state index in [1.165, 1.54) is 22.3 Å². The van der Waals surface area contributed by atoms with Crippen LogP contribution in [0.25, 0.3) is 0 Å². The van der Waals surface area contributed by atoms with Crippen LogP contribution in [0.3, 0.4) is 0 Å². The molecule has 1 aromatic carbocycles. The minimum Gasteiger partial charge on any atom is -0.355 e. The summed E-state index contributed by atoms with van der Waals surface area (Å²) in [5, 5.41) is 3.24. The standard InChI is InChI=1S/C18H25N3/c1-13-6-8-16(9-7-13)12-21(5)18-17(11-19-4)14(2)10-15(3)20-18/h6-10,19H,11-12H2,1-5H3. The largest absolute Gasteiger partial charge is 0.355 e. The van der Waals surface area contributed by atoms with Gasteiger partial charge in [-0.2, -0.15) is 0 Å². The quantitative estimate of drug-likeness (QED) is 0.912. The molecule has 0 aliphatic rings. The number of nitrogens with one attached hydrogen (secondary N) is 1. The minimum atomic E-state index is 0.840. The number of aromatic nitrogens is 1. The van der Waals surface area contributed by atoms with Gasteiger partial charge in [0.1, 0.15) is 5.82 Å². The van der Waals surface area contributed by atoms with Crippen LogP contribution in [-0.4, -0.2) is 19.1 Å². The van der Waals surface area contributed by atoms with Gasteiger partial charge in [0.15, 0.2) is 0 Å². The van der Waals surface area contributed by atoms with Crippen molar-refractivity contribution in [2.24, 2.45) is 0 Å². The second kappa shape index (κ2) is 6.72. The molecule has 3 heteroatoms. The van der Waals surface area contributed by atoms with Gasteiger partial charge in [-0.1, -0.05) is 29.8 Å². The van der Waals surface area contributed by atoms with Gasteiger partial charge in [0.25, 0.3) is 0 Å². The zero-order chi connectivity index (χ0) is 15.4. The minimum absolute atomic E-state index is 0.840. The van der Waals surface area contributed by atoms with E-state index >= 15 is 0 Å². The molecule has 3 nitrogen and oxygen atoms in total. The third kappa shape index (κ3) is 3.82. The topological polar surface area (TPSA) is 28.2 Å². The summed E-state index contributed by atoms with van der Waals surface area (Å²) >= 11 is 0. The van der Waals surface area contributed by atoms with E-state index in [2.05, 4.69) is 68.4 Å². The fraction of sp³-hybridized carbons (Fsp3) is 0.389. The number of nitrogens with zero attached hydrogens (tertiary/aromatic N) is 2. The molecule has 0 radical (unpaired) electrons. The summed E-state index contributed by atoms with van der Waals surface area (Å²) in [6.07, 6.45) is 0. The molecule has 0 aliphatic heterocycles. The van der Waals surface area contributed by atoms with Crippen LogP contribution in [0.2, 0.25) is 0 Å². The van der Waals surface area contributed by atoms with Crippen molar-refractivity contribution in [1.29, 1.82) is 0 Å². The van der Waals surface area contributed by atoms with Crippen molar-refractivity contribution in [2.75, 3.05) is 19.0 Å². The lowest BCUT2D eigenvalue weighted by Crippen LogP contribution is -2.22. The number of benzene rings is 1. The predicted octanol–water partition coefficient (Wildman–Crippen LogP) is 3.36. The molecule has 1 heterocycles. The Bertz CT molecular complexity index is 603. The molecule has 0 atom stereocenters. The molecule has 0 fully saturated rings. The van der Waals surface area contributed by atoms with Crippen LogP contribution in [0.15, 0.2) is 30.3 Å². The van der Waals surface area contributed by atoms with E-state index in [-0.39, 0.29) is 0 Å². The van der Waals surface area contributed by atoms with E-state index < -0.39 is 0 Å². The molecule has 0 saturated heterocycles. The van der Waals surface area contributed by atoms with E-state index in [4.69, 9.17) is 4.98 Å². The van der Waals surface area contributed by atoms with Gasteiger partial charge in [-0.25, -0.2) is 4.98 Å². The van der Waals surface area contributed by atoms with E-state index in [1.807, 2.05) is 7.05 Å². The molecule has 0 amide bonds. The second-order valence-corrected chi connectivity index (χ2v) is 5.75. The lowest BCUT2D eigenvalue weighted by Gasteiger charge is -2.23. The van der Waals surface area contributed by atoms with E-state index in [0.29, 0.717) is 0 Å². The lowest BCUT2D eigenvalue weighted by atomic mass is 10.1. The third-order valence-electron chi connectivity index (χ3n) is 3.71. The lowest BCUT2D eigenvalue weighted by molar-refractivity contribution is 0.786. The molecule has 1 N–H and O–H groups in total. The molecular formula is C18H25N3. The summed E-state index contributed by atoms with van der Waals surface area (Å²) < 4.78 is 0. The molecule has 0 unspecified atom stereocenters. The molecule has 0 saturated carbocycles. The first kappa shape index (κ1) is 15.5. The van der Waals surface area contributed by atoms with Crippen LogP contribution in [0.5, 0.6) is 0 Å². The van der Waals surface area contributed by atoms with Crippen molar-refractivity contribution < 1.29 is 0 Å². The van der Waals surface area contributed by atoms with Crippen LogP contribution < -0.4 is 10.2 Å². The van der Waals surface area contributed by atoms with E-state index in [1.54, 1.807) is 0 Å². The van der Waals surface area contributed by atoms with Gasteiger partial charge in [-0.05, 0) is 45.0 Å². The molecule has 112 valence electrons. The summed E-state index contributed by atoms with van der Waals surface area (Å²) in [5.74, 6) is 1.07. The Balaban J connectivity index is 2.29. The molecule has 0 spiro atoms. The first-order valence-electron chi connectivity index (χ1n) is 7.39. The highest BCUT2D eigenvalue weighted by Gasteiger charge is 2.12. The first-order valence-corrected chi connectivity index (χ1v) is 7.39.